The molecule has 112 valence electrons. The highest BCUT2D eigenvalue weighted by Gasteiger charge is 2.15. The molecule has 1 amide bonds. The molecule has 3 aromatic rings. The maximum Gasteiger partial charge on any atom is 0.271 e. The molecule has 1 aromatic carbocycles. The fourth-order valence-corrected chi connectivity index (χ4v) is 3.69. The molecule has 0 spiro atoms. The average Bonchev–Trinajstić information content (AvgIpc) is 3.19. The van der Waals surface area contributed by atoms with E-state index >= 15 is 0 Å². The number of nitrogens with one attached hydrogen (secondary N) is 1. The Bertz CT molecular complexity index is 735. The van der Waals surface area contributed by atoms with Gasteiger partial charge in [0.15, 0.2) is 0 Å². The van der Waals surface area contributed by atoms with Crippen molar-refractivity contribution >= 4 is 28.6 Å². The third-order valence-electron chi connectivity index (χ3n) is 3.30. The van der Waals surface area contributed by atoms with Crippen molar-refractivity contribution in [3.8, 4) is 0 Å². The summed E-state index contributed by atoms with van der Waals surface area (Å²) < 4.78 is 0. The van der Waals surface area contributed by atoms with E-state index < -0.39 is 0 Å². The second-order valence-electron chi connectivity index (χ2n) is 5.00. The fraction of sp³-hybridized carbons (Fsp3) is 0.176. The van der Waals surface area contributed by atoms with Crippen LogP contribution in [0.3, 0.4) is 0 Å². The third kappa shape index (κ3) is 3.61. The summed E-state index contributed by atoms with van der Waals surface area (Å²) in [5, 5.41) is 7.79. The van der Waals surface area contributed by atoms with E-state index in [1.807, 2.05) is 48.0 Å². The molecule has 0 aliphatic rings. The van der Waals surface area contributed by atoms with E-state index in [0.29, 0.717) is 5.69 Å². The van der Waals surface area contributed by atoms with Gasteiger partial charge in [-0.2, -0.15) is 0 Å². The van der Waals surface area contributed by atoms with Crippen molar-refractivity contribution in [2.45, 2.75) is 19.4 Å². The van der Waals surface area contributed by atoms with Crippen LogP contribution in [0.15, 0.2) is 53.2 Å². The van der Waals surface area contributed by atoms with Crippen molar-refractivity contribution in [3.05, 3.63) is 74.4 Å². The Hall–Kier alpha value is -1.98. The Morgan fingerprint density at radius 3 is 2.73 bits per heavy atom. The van der Waals surface area contributed by atoms with Gasteiger partial charge in [0, 0.05) is 16.7 Å². The summed E-state index contributed by atoms with van der Waals surface area (Å²) >= 11 is 3.17. The van der Waals surface area contributed by atoms with Crippen molar-refractivity contribution in [1.82, 2.24) is 10.3 Å². The molecule has 0 bridgehead atoms. The molecule has 2 heterocycles. The van der Waals surface area contributed by atoms with Gasteiger partial charge in [-0.1, -0.05) is 36.4 Å². The van der Waals surface area contributed by atoms with Crippen LogP contribution in [-0.4, -0.2) is 10.9 Å². The van der Waals surface area contributed by atoms with Gasteiger partial charge in [0.1, 0.15) is 5.69 Å². The summed E-state index contributed by atoms with van der Waals surface area (Å²) in [5.41, 5.74) is 1.70. The molecular weight excluding hydrogens is 312 g/mol. The van der Waals surface area contributed by atoms with Gasteiger partial charge in [0.25, 0.3) is 5.91 Å². The molecule has 0 aliphatic carbocycles. The van der Waals surface area contributed by atoms with E-state index in [0.717, 1.165) is 16.3 Å². The highest BCUT2D eigenvalue weighted by Crippen LogP contribution is 2.19. The molecule has 3 nitrogen and oxygen atoms in total. The lowest BCUT2D eigenvalue weighted by molar-refractivity contribution is 0.0936. The Labute approximate surface area is 137 Å². The Kier molecular flexibility index (Phi) is 4.65. The summed E-state index contributed by atoms with van der Waals surface area (Å²) in [4.78, 5) is 17.8. The first kappa shape index (κ1) is 14.9. The fourth-order valence-electron chi connectivity index (χ4n) is 2.15. The largest absolute Gasteiger partial charge is 0.343 e. The molecule has 5 heteroatoms. The van der Waals surface area contributed by atoms with Crippen LogP contribution >= 0.6 is 22.7 Å². The standard InChI is InChI=1S/C17H16N2OS2/c1-12(15-8-5-9-21-15)18-17(20)14-11-22-16(19-14)10-13-6-3-2-4-7-13/h2-9,11-12H,10H2,1H3,(H,18,20). The SMILES string of the molecule is CC(NC(=O)c1csc(Cc2ccccc2)n1)c1cccs1. The minimum absolute atomic E-state index is 0.00627. The zero-order valence-corrected chi connectivity index (χ0v) is 13.8. The first-order valence-corrected chi connectivity index (χ1v) is 8.81. The molecule has 0 aliphatic heterocycles. The van der Waals surface area contributed by atoms with Gasteiger partial charge in [-0.15, -0.1) is 22.7 Å². The summed E-state index contributed by atoms with van der Waals surface area (Å²) in [6.07, 6.45) is 0.763. The first-order valence-electron chi connectivity index (χ1n) is 7.05. The zero-order chi connectivity index (χ0) is 15.4. The van der Waals surface area contributed by atoms with Crippen molar-refractivity contribution < 1.29 is 4.79 Å². The van der Waals surface area contributed by atoms with Gasteiger partial charge in [0.05, 0.1) is 11.0 Å². The minimum atomic E-state index is -0.114. The van der Waals surface area contributed by atoms with Gasteiger partial charge in [-0.3, -0.25) is 4.79 Å². The van der Waals surface area contributed by atoms with E-state index in [1.54, 1.807) is 11.3 Å². The molecule has 1 N–H and O–H groups in total. The van der Waals surface area contributed by atoms with Crippen LogP contribution in [0.1, 0.15) is 38.9 Å². The number of aromatic nitrogens is 1. The highest BCUT2D eigenvalue weighted by molar-refractivity contribution is 7.10. The van der Waals surface area contributed by atoms with Crippen LogP contribution in [0.4, 0.5) is 0 Å². The second kappa shape index (κ2) is 6.85. The Morgan fingerprint density at radius 2 is 2.00 bits per heavy atom. The molecule has 0 radical (unpaired) electrons. The number of carbonyl (C=O) groups is 1. The molecular formula is C17H16N2OS2. The molecule has 3 rings (SSSR count). The van der Waals surface area contributed by atoms with Crippen LogP contribution in [0, 0.1) is 0 Å². The highest BCUT2D eigenvalue weighted by atomic mass is 32.1. The average molecular weight is 328 g/mol. The maximum absolute atomic E-state index is 12.3. The van der Waals surface area contributed by atoms with Crippen LogP contribution in [0.2, 0.25) is 0 Å². The monoisotopic (exact) mass is 328 g/mol. The van der Waals surface area contributed by atoms with Crippen molar-refractivity contribution in [2.24, 2.45) is 0 Å². The van der Waals surface area contributed by atoms with E-state index in [4.69, 9.17) is 0 Å². The summed E-state index contributed by atoms with van der Waals surface area (Å²) in [6, 6.07) is 14.2. The third-order valence-corrected chi connectivity index (χ3v) is 5.20. The van der Waals surface area contributed by atoms with Crippen molar-refractivity contribution in [2.75, 3.05) is 0 Å². The number of nitrogens with zero attached hydrogens (tertiary/aromatic N) is 1. The molecule has 0 saturated carbocycles. The first-order chi connectivity index (χ1) is 10.7. The minimum Gasteiger partial charge on any atom is -0.343 e. The summed E-state index contributed by atoms with van der Waals surface area (Å²) in [5.74, 6) is -0.114. The van der Waals surface area contributed by atoms with E-state index in [2.05, 4.69) is 22.4 Å². The van der Waals surface area contributed by atoms with Crippen LogP contribution in [0.5, 0.6) is 0 Å². The van der Waals surface area contributed by atoms with E-state index in [1.165, 1.54) is 16.9 Å². The summed E-state index contributed by atoms with van der Waals surface area (Å²) in [6.45, 7) is 1.99. The molecule has 1 unspecified atom stereocenters. The predicted octanol–water partition coefficient (Wildman–Crippen LogP) is 4.29. The molecule has 22 heavy (non-hydrogen) atoms. The number of carbonyl (C=O) groups excluding carboxylic acids is 1. The topological polar surface area (TPSA) is 42.0 Å². The van der Waals surface area contributed by atoms with Gasteiger partial charge >= 0.3 is 0 Å². The second-order valence-corrected chi connectivity index (χ2v) is 6.92. The van der Waals surface area contributed by atoms with Crippen molar-refractivity contribution in [3.63, 3.8) is 0 Å². The number of benzene rings is 1. The number of thiazole rings is 1. The molecule has 1 atom stereocenters. The molecule has 2 aromatic heterocycles. The smallest absolute Gasteiger partial charge is 0.271 e. The van der Waals surface area contributed by atoms with Gasteiger partial charge in [-0.25, -0.2) is 4.98 Å². The lowest BCUT2D eigenvalue weighted by Gasteiger charge is -2.10. The van der Waals surface area contributed by atoms with Crippen LogP contribution in [0.25, 0.3) is 0 Å². The maximum atomic E-state index is 12.3. The van der Waals surface area contributed by atoms with Crippen LogP contribution < -0.4 is 5.32 Å². The predicted molar refractivity (Wildman–Crippen MR) is 91.6 cm³/mol. The van der Waals surface area contributed by atoms with Gasteiger partial charge < -0.3 is 5.32 Å². The van der Waals surface area contributed by atoms with Gasteiger partial charge in [-0.05, 0) is 23.9 Å². The van der Waals surface area contributed by atoms with E-state index in [9.17, 15) is 4.79 Å². The van der Waals surface area contributed by atoms with Crippen LogP contribution in [-0.2, 0) is 6.42 Å². The Morgan fingerprint density at radius 1 is 1.18 bits per heavy atom. The normalized spacial score (nSPS) is 12.0. The number of hydrogen-bond acceptors (Lipinski definition) is 4. The van der Waals surface area contributed by atoms with Gasteiger partial charge in [0.2, 0.25) is 0 Å². The lowest BCUT2D eigenvalue weighted by atomic mass is 10.2. The number of hydrogen-bond donors (Lipinski definition) is 1. The summed E-state index contributed by atoms with van der Waals surface area (Å²) in [7, 11) is 0. The molecule has 0 saturated heterocycles. The number of thiophene rings is 1. The quantitative estimate of drug-likeness (QED) is 0.759. The Balaban J connectivity index is 1.64. The van der Waals surface area contributed by atoms with E-state index in [-0.39, 0.29) is 11.9 Å². The molecule has 0 fully saturated rings. The zero-order valence-electron chi connectivity index (χ0n) is 12.2. The van der Waals surface area contributed by atoms with Crippen molar-refractivity contribution in [1.29, 1.82) is 0 Å². The number of rotatable bonds is 5. The number of amides is 1. The lowest BCUT2D eigenvalue weighted by Crippen LogP contribution is -2.26.